The van der Waals surface area contributed by atoms with Gasteiger partial charge in [0.25, 0.3) is 11.8 Å². The van der Waals surface area contributed by atoms with Crippen LogP contribution in [0.1, 0.15) is 46.0 Å². The van der Waals surface area contributed by atoms with E-state index in [1.54, 1.807) is 0 Å². The van der Waals surface area contributed by atoms with Crippen molar-refractivity contribution in [1.82, 2.24) is 5.06 Å². The van der Waals surface area contributed by atoms with Crippen LogP contribution in [-0.4, -0.2) is 22.8 Å². The minimum atomic E-state index is -0.455. The zero-order valence-corrected chi connectivity index (χ0v) is 20.9. The van der Waals surface area contributed by atoms with Crippen molar-refractivity contribution in [3.8, 4) is 22.3 Å². The fourth-order valence-electron chi connectivity index (χ4n) is 4.52. The first-order chi connectivity index (χ1) is 18.4. The van der Waals surface area contributed by atoms with Gasteiger partial charge in [-0.15, -0.1) is 0 Å². The number of rotatable bonds is 6. The summed E-state index contributed by atoms with van der Waals surface area (Å²) in [6, 6.07) is 30.7. The first kappa shape index (κ1) is 23.7. The maximum Gasteiger partial charge on any atom is 0.338 e. The predicted octanol–water partition coefficient (Wildman–Crippen LogP) is 6.49. The van der Waals surface area contributed by atoms with Gasteiger partial charge in [-0.2, -0.15) is 5.06 Å². The highest BCUT2D eigenvalue weighted by molar-refractivity contribution is 6.04. The molecular weight excluding hydrogens is 476 g/mol. The first-order valence-corrected chi connectivity index (χ1v) is 12.6. The maximum absolute atomic E-state index is 12.9. The van der Waals surface area contributed by atoms with Gasteiger partial charge in [0.15, 0.2) is 0 Å². The van der Waals surface area contributed by atoms with Crippen LogP contribution < -0.4 is 5.32 Å². The van der Waals surface area contributed by atoms with E-state index in [0.29, 0.717) is 16.8 Å². The number of benzene rings is 4. The monoisotopic (exact) mass is 502 g/mol. The van der Waals surface area contributed by atoms with Crippen molar-refractivity contribution in [3.05, 3.63) is 114 Å². The van der Waals surface area contributed by atoms with E-state index in [1.165, 1.54) is 0 Å². The Morgan fingerprint density at radius 1 is 0.789 bits per heavy atom. The SMILES string of the molecule is CC1(C(=O)ON2Cc3ccc(-c4ccc(NC(=O)c5ccc(-c6ccccc6)cc5)cc4)cc3C2=O)CC1. The first-order valence-electron chi connectivity index (χ1n) is 12.6. The number of hydrogen-bond acceptors (Lipinski definition) is 4. The number of carbonyl (C=O) groups is 3. The van der Waals surface area contributed by atoms with E-state index in [2.05, 4.69) is 5.32 Å². The fraction of sp³-hybridized carbons (Fsp3) is 0.156. The van der Waals surface area contributed by atoms with E-state index >= 15 is 0 Å². The number of nitrogens with one attached hydrogen (secondary N) is 1. The Labute approximate surface area is 220 Å². The molecule has 6 heteroatoms. The largest absolute Gasteiger partial charge is 0.338 e. The Hall–Kier alpha value is -4.71. The summed E-state index contributed by atoms with van der Waals surface area (Å²) in [5.41, 5.74) is 6.09. The predicted molar refractivity (Wildman–Crippen MR) is 145 cm³/mol. The number of hydroxylamine groups is 2. The minimum absolute atomic E-state index is 0.185. The van der Waals surface area contributed by atoms with Crippen molar-refractivity contribution in [1.29, 1.82) is 0 Å². The molecule has 6 rings (SSSR count). The van der Waals surface area contributed by atoms with Gasteiger partial charge in [0, 0.05) is 16.8 Å². The van der Waals surface area contributed by atoms with Gasteiger partial charge in [-0.25, -0.2) is 4.79 Å². The molecule has 1 saturated carbocycles. The Bertz CT molecular complexity index is 1540. The molecule has 4 aromatic carbocycles. The molecule has 0 atom stereocenters. The summed E-state index contributed by atoms with van der Waals surface area (Å²) in [6.07, 6.45) is 1.59. The van der Waals surface area contributed by atoms with Crippen molar-refractivity contribution < 1.29 is 19.2 Å². The molecule has 1 N–H and O–H groups in total. The second-order valence-electron chi connectivity index (χ2n) is 10.1. The van der Waals surface area contributed by atoms with E-state index in [1.807, 2.05) is 104 Å². The van der Waals surface area contributed by atoms with Crippen LogP contribution in [0.4, 0.5) is 5.69 Å². The summed E-state index contributed by atoms with van der Waals surface area (Å²) < 4.78 is 0. The van der Waals surface area contributed by atoms with Crippen LogP contribution in [-0.2, 0) is 16.2 Å². The van der Waals surface area contributed by atoms with Gasteiger partial charge in [-0.1, -0.05) is 66.7 Å². The standard InChI is InChI=1S/C32H26N2O4/c1-32(17-18-32)31(37)38-34-20-26-12-11-25(19-28(26)30(34)36)23-13-15-27(16-14-23)33-29(35)24-9-7-22(8-10-24)21-5-3-2-4-6-21/h2-16,19H,17-18,20H2,1H3,(H,33,35). The normalized spacial score (nSPS) is 15.1. The van der Waals surface area contributed by atoms with Gasteiger partial charge in [0.2, 0.25) is 0 Å². The summed E-state index contributed by atoms with van der Waals surface area (Å²) in [6.45, 7) is 2.11. The molecule has 0 saturated heterocycles. The van der Waals surface area contributed by atoms with Gasteiger partial charge in [0.05, 0.1) is 12.0 Å². The molecule has 0 unspecified atom stereocenters. The molecule has 0 spiro atoms. The van der Waals surface area contributed by atoms with Crippen molar-refractivity contribution >= 4 is 23.5 Å². The van der Waals surface area contributed by atoms with Gasteiger partial charge in [0.1, 0.15) is 0 Å². The van der Waals surface area contributed by atoms with Crippen molar-refractivity contribution in [2.45, 2.75) is 26.3 Å². The van der Waals surface area contributed by atoms with Crippen LogP contribution in [0.15, 0.2) is 97.1 Å². The lowest BCUT2D eigenvalue weighted by Gasteiger charge is -2.17. The Morgan fingerprint density at radius 2 is 1.39 bits per heavy atom. The smallest absolute Gasteiger partial charge is 0.337 e. The highest BCUT2D eigenvalue weighted by Crippen LogP contribution is 2.46. The van der Waals surface area contributed by atoms with Gasteiger partial charge >= 0.3 is 5.97 Å². The van der Waals surface area contributed by atoms with Crippen molar-refractivity contribution in [3.63, 3.8) is 0 Å². The number of fused-ring (bicyclic) bond motifs is 1. The molecule has 0 aromatic heterocycles. The fourth-order valence-corrected chi connectivity index (χ4v) is 4.52. The molecule has 2 aliphatic rings. The van der Waals surface area contributed by atoms with Crippen LogP contribution in [0.5, 0.6) is 0 Å². The molecule has 0 bridgehead atoms. The van der Waals surface area contributed by atoms with E-state index in [-0.39, 0.29) is 24.3 Å². The highest BCUT2D eigenvalue weighted by Gasteiger charge is 2.48. The lowest BCUT2D eigenvalue weighted by atomic mass is 10.00. The second-order valence-corrected chi connectivity index (χ2v) is 10.1. The summed E-state index contributed by atoms with van der Waals surface area (Å²) in [5.74, 6) is -0.833. The number of carbonyl (C=O) groups excluding carboxylic acids is 3. The second kappa shape index (κ2) is 9.30. The molecule has 6 nitrogen and oxygen atoms in total. The molecule has 1 aliphatic carbocycles. The van der Waals surface area contributed by atoms with Crippen LogP contribution in [0.3, 0.4) is 0 Å². The third kappa shape index (κ3) is 4.57. The minimum Gasteiger partial charge on any atom is -0.337 e. The average molecular weight is 503 g/mol. The summed E-state index contributed by atoms with van der Waals surface area (Å²) >= 11 is 0. The highest BCUT2D eigenvalue weighted by atomic mass is 16.7. The topological polar surface area (TPSA) is 75.7 Å². The zero-order chi connectivity index (χ0) is 26.3. The molecule has 0 radical (unpaired) electrons. The van der Waals surface area contributed by atoms with Crippen LogP contribution in [0, 0.1) is 5.41 Å². The summed E-state index contributed by atoms with van der Waals surface area (Å²) in [5, 5.41) is 4.10. The zero-order valence-electron chi connectivity index (χ0n) is 20.9. The molecule has 4 aromatic rings. The van der Waals surface area contributed by atoms with Crippen molar-refractivity contribution in [2.24, 2.45) is 5.41 Å². The summed E-state index contributed by atoms with van der Waals surface area (Å²) in [4.78, 5) is 43.3. The average Bonchev–Trinajstić information content (AvgIpc) is 3.64. The number of nitrogens with zero attached hydrogens (tertiary/aromatic N) is 1. The summed E-state index contributed by atoms with van der Waals surface area (Å²) in [7, 11) is 0. The molecule has 188 valence electrons. The maximum atomic E-state index is 12.9. The van der Waals surface area contributed by atoms with Crippen LogP contribution in [0.25, 0.3) is 22.3 Å². The van der Waals surface area contributed by atoms with E-state index in [0.717, 1.165) is 45.7 Å². The molecule has 1 fully saturated rings. The third-order valence-electron chi connectivity index (χ3n) is 7.30. The van der Waals surface area contributed by atoms with Gasteiger partial charge in [-0.05, 0) is 77.9 Å². The van der Waals surface area contributed by atoms with E-state index in [9.17, 15) is 14.4 Å². The number of amides is 2. The molecule has 1 heterocycles. The Kier molecular flexibility index (Phi) is 5.80. The van der Waals surface area contributed by atoms with Gasteiger partial charge in [-0.3, -0.25) is 9.59 Å². The molecular formula is C32H26N2O4. The van der Waals surface area contributed by atoms with E-state index in [4.69, 9.17) is 4.84 Å². The molecule has 2 amide bonds. The van der Waals surface area contributed by atoms with Crippen LogP contribution >= 0.6 is 0 Å². The lowest BCUT2D eigenvalue weighted by molar-refractivity contribution is -0.184. The Balaban J connectivity index is 1.12. The number of hydrogen-bond donors (Lipinski definition) is 1. The van der Waals surface area contributed by atoms with Crippen LogP contribution in [0.2, 0.25) is 0 Å². The quantitative estimate of drug-likeness (QED) is 0.327. The lowest BCUT2D eigenvalue weighted by Crippen LogP contribution is -2.31. The third-order valence-corrected chi connectivity index (χ3v) is 7.30. The van der Waals surface area contributed by atoms with E-state index < -0.39 is 5.41 Å². The number of anilines is 1. The Morgan fingerprint density at radius 3 is 2.08 bits per heavy atom. The van der Waals surface area contributed by atoms with Crippen molar-refractivity contribution in [2.75, 3.05) is 5.32 Å². The molecule has 1 aliphatic heterocycles. The van der Waals surface area contributed by atoms with Gasteiger partial charge < -0.3 is 10.2 Å². The molecule has 38 heavy (non-hydrogen) atoms.